The van der Waals surface area contributed by atoms with Crippen molar-refractivity contribution in [1.82, 2.24) is 5.32 Å². The summed E-state index contributed by atoms with van der Waals surface area (Å²) in [4.78, 5) is 11.0. The van der Waals surface area contributed by atoms with Crippen LogP contribution >= 0.6 is 11.6 Å². The molecule has 0 bridgehead atoms. The highest BCUT2D eigenvalue weighted by atomic mass is 35.5. The van der Waals surface area contributed by atoms with E-state index in [2.05, 4.69) is 5.32 Å². The largest absolute Gasteiger partial charge is 0.480 e. The van der Waals surface area contributed by atoms with Crippen LogP contribution in [-0.2, 0) is 11.2 Å². The van der Waals surface area contributed by atoms with Crippen molar-refractivity contribution in [2.75, 3.05) is 6.54 Å². The molecule has 0 amide bonds. The third-order valence-electron chi connectivity index (χ3n) is 3.03. The van der Waals surface area contributed by atoms with E-state index >= 15 is 0 Å². The van der Waals surface area contributed by atoms with Crippen LogP contribution in [0.3, 0.4) is 0 Å². The quantitative estimate of drug-likeness (QED) is 0.848. The molecule has 0 spiro atoms. The molecule has 1 aliphatic rings. The molecule has 1 fully saturated rings. The number of rotatable bonds is 3. The van der Waals surface area contributed by atoms with Crippen molar-refractivity contribution in [3.8, 4) is 0 Å². The summed E-state index contributed by atoms with van der Waals surface area (Å²) in [6, 6.07) is 7.19. The summed E-state index contributed by atoms with van der Waals surface area (Å²) in [7, 11) is 0. The zero-order valence-corrected chi connectivity index (χ0v) is 9.57. The standard InChI is InChI=1S/C12H14ClNO2/c13-10-3-1-8(2-4-10)7-9-5-6-14-11(9)12(15)16/h1-4,9,11,14H,5-7H2,(H,15,16)/t9-,11-/m1/s1. The Morgan fingerprint density at radius 3 is 2.75 bits per heavy atom. The second-order valence-corrected chi connectivity index (χ2v) is 4.59. The molecule has 86 valence electrons. The minimum absolute atomic E-state index is 0.179. The van der Waals surface area contributed by atoms with Gasteiger partial charge in [0.05, 0.1) is 0 Å². The molecule has 0 aromatic heterocycles. The normalized spacial score (nSPS) is 24.6. The van der Waals surface area contributed by atoms with Gasteiger partial charge in [0.2, 0.25) is 0 Å². The molecule has 4 heteroatoms. The van der Waals surface area contributed by atoms with Gasteiger partial charge in [0.1, 0.15) is 6.04 Å². The molecule has 1 heterocycles. The van der Waals surface area contributed by atoms with Gasteiger partial charge < -0.3 is 10.4 Å². The van der Waals surface area contributed by atoms with Crippen LogP contribution in [0.15, 0.2) is 24.3 Å². The van der Waals surface area contributed by atoms with Crippen LogP contribution in [0.5, 0.6) is 0 Å². The predicted molar refractivity (Wildman–Crippen MR) is 62.7 cm³/mol. The summed E-state index contributed by atoms with van der Waals surface area (Å²) in [6.07, 6.45) is 1.71. The Labute approximate surface area is 99.4 Å². The minimum atomic E-state index is -0.753. The minimum Gasteiger partial charge on any atom is -0.480 e. The van der Waals surface area contributed by atoms with Gasteiger partial charge in [-0.15, -0.1) is 0 Å². The van der Waals surface area contributed by atoms with Crippen molar-refractivity contribution in [2.24, 2.45) is 5.92 Å². The highest BCUT2D eigenvalue weighted by Gasteiger charge is 2.32. The number of halogens is 1. The molecule has 2 rings (SSSR count). The monoisotopic (exact) mass is 239 g/mol. The Kier molecular flexibility index (Phi) is 3.46. The van der Waals surface area contributed by atoms with Gasteiger partial charge >= 0.3 is 5.97 Å². The average Bonchev–Trinajstić information content (AvgIpc) is 2.69. The van der Waals surface area contributed by atoms with E-state index in [1.165, 1.54) is 0 Å². The van der Waals surface area contributed by atoms with Crippen LogP contribution in [0, 0.1) is 5.92 Å². The number of benzene rings is 1. The fourth-order valence-corrected chi connectivity index (χ4v) is 2.32. The molecule has 1 aromatic rings. The molecule has 1 aliphatic heterocycles. The lowest BCUT2D eigenvalue weighted by Gasteiger charge is -2.15. The van der Waals surface area contributed by atoms with Crippen molar-refractivity contribution in [3.63, 3.8) is 0 Å². The van der Waals surface area contributed by atoms with Gasteiger partial charge in [-0.05, 0) is 43.0 Å². The maximum Gasteiger partial charge on any atom is 0.320 e. The molecule has 0 unspecified atom stereocenters. The number of carboxylic acids is 1. The van der Waals surface area contributed by atoms with E-state index < -0.39 is 12.0 Å². The molecule has 16 heavy (non-hydrogen) atoms. The molecule has 0 radical (unpaired) electrons. The second-order valence-electron chi connectivity index (χ2n) is 4.15. The SMILES string of the molecule is O=C(O)[C@@H]1NCC[C@@H]1Cc1ccc(Cl)cc1. The van der Waals surface area contributed by atoms with Crippen LogP contribution in [0.4, 0.5) is 0 Å². The van der Waals surface area contributed by atoms with Gasteiger partial charge in [-0.3, -0.25) is 4.79 Å². The topological polar surface area (TPSA) is 49.3 Å². The second kappa shape index (κ2) is 4.85. The summed E-state index contributed by atoms with van der Waals surface area (Å²) in [6.45, 7) is 0.787. The fraction of sp³-hybridized carbons (Fsp3) is 0.417. The van der Waals surface area contributed by atoms with Crippen LogP contribution < -0.4 is 5.32 Å². The van der Waals surface area contributed by atoms with Crippen molar-refractivity contribution in [1.29, 1.82) is 0 Å². The first-order valence-electron chi connectivity index (χ1n) is 5.37. The molecule has 1 saturated heterocycles. The van der Waals surface area contributed by atoms with Gasteiger partial charge in [0, 0.05) is 5.02 Å². The van der Waals surface area contributed by atoms with Crippen molar-refractivity contribution in [3.05, 3.63) is 34.9 Å². The Morgan fingerprint density at radius 1 is 1.44 bits per heavy atom. The summed E-state index contributed by atoms with van der Waals surface area (Å²) in [5.41, 5.74) is 1.14. The smallest absolute Gasteiger partial charge is 0.320 e. The van der Waals surface area contributed by atoms with Gasteiger partial charge in [0.25, 0.3) is 0 Å². The molecule has 0 saturated carbocycles. The Bertz CT molecular complexity index is 377. The Balaban J connectivity index is 2.03. The first-order valence-corrected chi connectivity index (χ1v) is 5.75. The van der Waals surface area contributed by atoms with E-state index in [-0.39, 0.29) is 5.92 Å². The average molecular weight is 240 g/mol. The fourth-order valence-electron chi connectivity index (χ4n) is 2.19. The summed E-state index contributed by atoms with van der Waals surface area (Å²) < 4.78 is 0. The maximum atomic E-state index is 11.0. The number of nitrogens with one attached hydrogen (secondary N) is 1. The molecule has 1 aromatic carbocycles. The molecule has 3 nitrogen and oxygen atoms in total. The van der Waals surface area contributed by atoms with Crippen LogP contribution in [0.1, 0.15) is 12.0 Å². The van der Waals surface area contributed by atoms with Gasteiger partial charge in [-0.2, -0.15) is 0 Å². The van der Waals surface area contributed by atoms with E-state index in [0.29, 0.717) is 5.02 Å². The Morgan fingerprint density at radius 2 is 2.12 bits per heavy atom. The van der Waals surface area contributed by atoms with Crippen LogP contribution in [-0.4, -0.2) is 23.7 Å². The zero-order valence-electron chi connectivity index (χ0n) is 8.82. The van der Waals surface area contributed by atoms with Crippen molar-refractivity contribution >= 4 is 17.6 Å². The molecular formula is C12H14ClNO2. The third kappa shape index (κ3) is 2.54. The van der Waals surface area contributed by atoms with Crippen LogP contribution in [0.25, 0.3) is 0 Å². The van der Waals surface area contributed by atoms with E-state index in [1.807, 2.05) is 24.3 Å². The van der Waals surface area contributed by atoms with Crippen molar-refractivity contribution in [2.45, 2.75) is 18.9 Å². The maximum absolute atomic E-state index is 11.0. The molecule has 2 N–H and O–H groups in total. The van der Waals surface area contributed by atoms with Crippen molar-refractivity contribution < 1.29 is 9.90 Å². The number of carboxylic acid groups (broad SMARTS) is 1. The predicted octanol–water partition coefficient (Wildman–Crippen LogP) is 1.95. The summed E-state index contributed by atoms with van der Waals surface area (Å²) in [5, 5.41) is 12.7. The van der Waals surface area contributed by atoms with E-state index in [0.717, 1.165) is 24.9 Å². The first-order chi connectivity index (χ1) is 7.66. The van der Waals surface area contributed by atoms with Crippen LogP contribution in [0.2, 0.25) is 5.02 Å². The van der Waals surface area contributed by atoms with E-state index in [1.54, 1.807) is 0 Å². The summed E-state index contributed by atoms with van der Waals surface area (Å²) in [5.74, 6) is -0.574. The highest BCUT2D eigenvalue weighted by Crippen LogP contribution is 2.22. The highest BCUT2D eigenvalue weighted by molar-refractivity contribution is 6.30. The van der Waals surface area contributed by atoms with Gasteiger partial charge in [-0.1, -0.05) is 23.7 Å². The number of carbonyl (C=O) groups is 1. The lowest BCUT2D eigenvalue weighted by atomic mass is 9.93. The number of aliphatic carboxylic acids is 1. The summed E-state index contributed by atoms with van der Waals surface area (Å²) >= 11 is 5.80. The molecule has 2 atom stereocenters. The van der Waals surface area contributed by atoms with Gasteiger partial charge in [-0.25, -0.2) is 0 Å². The zero-order chi connectivity index (χ0) is 11.5. The van der Waals surface area contributed by atoms with E-state index in [4.69, 9.17) is 16.7 Å². The molecular weight excluding hydrogens is 226 g/mol. The molecule has 0 aliphatic carbocycles. The van der Waals surface area contributed by atoms with E-state index in [9.17, 15) is 4.79 Å². The third-order valence-corrected chi connectivity index (χ3v) is 3.28. The number of hydrogen-bond acceptors (Lipinski definition) is 2. The Hall–Kier alpha value is -1.06. The number of hydrogen-bond donors (Lipinski definition) is 2. The van der Waals surface area contributed by atoms with Gasteiger partial charge in [0.15, 0.2) is 0 Å². The lowest BCUT2D eigenvalue weighted by Crippen LogP contribution is -2.36. The first kappa shape index (κ1) is 11.4. The lowest BCUT2D eigenvalue weighted by molar-refractivity contribution is -0.140.